The first kappa shape index (κ1) is 15.3. The molecule has 4 heteroatoms. The van der Waals surface area contributed by atoms with E-state index in [0.29, 0.717) is 12.5 Å². The van der Waals surface area contributed by atoms with E-state index in [2.05, 4.69) is 24.5 Å². The number of nitrogens with one attached hydrogen (secondary N) is 2. The lowest BCUT2D eigenvalue weighted by Crippen LogP contribution is -2.37. The molecule has 0 heterocycles. The van der Waals surface area contributed by atoms with Gasteiger partial charge in [0.2, 0.25) is 0 Å². The Bertz CT molecular complexity index is 389. The maximum absolute atomic E-state index is 11.7. The molecule has 106 valence electrons. The van der Waals surface area contributed by atoms with E-state index in [4.69, 9.17) is 4.74 Å². The van der Waals surface area contributed by atoms with Crippen LogP contribution in [0.15, 0.2) is 24.3 Å². The monoisotopic (exact) mass is 264 g/mol. The van der Waals surface area contributed by atoms with Crippen LogP contribution in [0.1, 0.15) is 32.3 Å². The largest absolute Gasteiger partial charge is 0.496 e. The molecule has 0 aliphatic carbocycles. The molecule has 2 amide bonds. The van der Waals surface area contributed by atoms with Gasteiger partial charge in [0.1, 0.15) is 5.75 Å². The number of rotatable bonds is 7. The number of hydrogen-bond acceptors (Lipinski definition) is 2. The normalized spacial score (nSPS) is 10.3. The van der Waals surface area contributed by atoms with E-state index in [1.807, 2.05) is 24.3 Å². The van der Waals surface area contributed by atoms with Crippen molar-refractivity contribution in [2.24, 2.45) is 5.92 Å². The molecule has 1 aromatic rings. The van der Waals surface area contributed by atoms with Crippen LogP contribution in [0, 0.1) is 5.92 Å². The van der Waals surface area contributed by atoms with Crippen molar-refractivity contribution < 1.29 is 9.53 Å². The summed E-state index contributed by atoms with van der Waals surface area (Å²) in [5.41, 5.74) is 0.975. The molecule has 0 saturated heterocycles. The van der Waals surface area contributed by atoms with Crippen LogP contribution < -0.4 is 15.4 Å². The minimum atomic E-state index is -0.127. The molecular formula is C15H24N2O2. The summed E-state index contributed by atoms with van der Waals surface area (Å²) in [4.78, 5) is 11.7. The van der Waals surface area contributed by atoms with E-state index in [-0.39, 0.29) is 6.03 Å². The molecule has 0 unspecified atom stereocenters. The van der Waals surface area contributed by atoms with E-state index < -0.39 is 0 Å². The summed E-state index contributed by atoms with van der Waals surface area (Å²) in [7, 11) is 1.63. The molecule has 4 nitrogen and oxygen atoms in total. The highest BCUT2D eigenvalue weighted by atomic mass is 16.5. The molecule has 0 radical (unpaired) electrons. The van der Waals surface area contributed by atoms with Crippen molar-refractivity contribution in [3.8, 4) is 5.75 Å². The third kappa shape index (κ3) is 5.20. The number of carbonyl (C=O) groups excluding carboxylic acids is 1. The molecule has 0 saturated carbocycles. The molecule has 0 atom stereocenters. The van der Waals surface area contributed by atoms with Gasteiger partial charge in [-0.3, -0.25) is 0 Å². The number of amides is 2. The Morgan fingerprint density at radius 2 is 1.89 bits per heavy atom. The molecule has 1 aromatic carbocycles. The summed E-state index contributed by atoms with van der Waals surface area (Å²) in [6.45, 7) is 5.48. The SMILES string of the molecule is CCC(CC)CNC(=O)NCc1ccccc1OC. The number of hydrogen-bond donors (Lipinski definition) is 2. The van der Waals surface area contributed by atoms with Crippen LogP contribution >= 0.6 is 0 Å². The standard InChI is InChI=1S/C15H24N2O2/c1-4-12(5-2)10-16-15(18)17-11-13-8-6-7-9-14(13)19-3/h6-9,12H,4-5,10-11H2,1-3H3,(H2,16,17,18). The number of para-hydroxylation sites is 1. The second kappa shape index (κ2) is 8.40. The Labute approximate surface area is 115 Å². The van der Waals surface area contributed by atoms with Crippen LogP contribution in [0.4, 0.5) is 4.79 Å². The number of urea groups is 1. The molecule has 0 bridgehead atoms. The van der Waals surface area contributed by atoms with Gasteiger partial charge in [-0.05, 0) is 12.0 Å². The smallest absolute Gasteiger partial charge is 0.315 e. The fraction of sp³-hybridized carbons (Fsp3) is 0.533. The summed E-state index contributed by atoms with van der Waals surface area (Å²) >= 11 is 0. The predicted octanol–water partition coefficient (Wildman–Crippen LogP) is 2.93. The van der Waals surface area contributed by atoms with Gasteiger partial charge in [0.05, 0.1) is 7.11 Å². The first-order chi connectivity index (χ1) is 9.21. The Balaban J connectivity index is 2.37. The van der Waals surface area contributed by atoms with Crippen LogP contribution in [-0.4, -0.2) is 19.7 Å². The highest BCUT2D eigenvalue weighted by Gasteiger charge is 2.07. The van der Waals surface area contributed by atoms with Crippen molar-refractivity contribution in [2.75, 3.05) is 13.7 Å². The maximum atomic E-state index is 11.7. The van der Waals surface area contributed by atoms with Crippen LogP contribution in [0.5, 0.6) is 5.75 Å². The lowest BCUT2D eigenvalue weighted by atomic mass is 10.0. The van der Waals surface area contributed by atoms with Crippen molar-refractivity contribution in [3.63, 3.8) is 0 Å². The van der Waals surface area contributed by atoms with Gasteiger partial charge in [0, 0.05) is 18.7 Å². The fourth-order valence-electron chi connectivity index (χ4n) is 1.90. The van der Waals surface area contributed by atoms with Gasteiger partial charge in [0.25, 0.3) is 0 Å². The van der Waals surface area contributed by atoms with E-state index in [9.17, 15) is 4.79 Å². The summed E-state index contributed by atoms with van der Waals surface area (Å²) in [5.74, 6) is 1.35. The summed E-state index contributed by atoms with van der Waals surface area (Å²) in [6.07, 6.45) is 2.17. The van der Waals surface area contributed by atoms with Crippen molar-refractivity contribution >= 4 is 6.03 Å². The van der Waals surface area contributed by atoms with Crippen molar-refractivity contribution in [1.82, 2.24) is 10.6 Å². The van der Waals surface area contributed by atoms with Gasteiger partial charge >= 0.3 is 6.03 Å². The summed E-state index contributed by atoms with van der Waals surface area (Å²) in [6, 6.07) is 7.55. The minimum Gasteiger partial charge on any atom is -0.496 e. The van der Waals surface area contributed by atoms with E-state index >= 15 is 0 Å². The third-order valence-corrected chi connectivity index (χ3v) is 3.34. The average Bonchev–Trinajstić information content (AvgIpc) is 2.46. The number of ether oxygens (including phenoxy) is 1. The van der Waals surface area contributed by atoms with Crippen LogP contribution in [0.3, 0.4) is 0 Å². The molecule has 0 aliphatic heterocycles. The van der Waals surface area contributed by atoms with Crippen molar-refractivity contribution in [1.29, 1.82) is 0 Å². The van der Waals surface area contributed by atoms with Gasteiger partial charge < -0.3 is 15.4 Å². The third-order valence-electron chi connectivity index (χ3n) is 3.34. The highest BCUT2D eigenvalue weighted by Crippen LogP contribution is 2.16. The van der Waals surface area contributed by atoms with Crippen LogP contribution in [-0.2, 0) is 6.54 Å². The molecule has 0 aliphatic rings. The van der Waals surface area contributed by atoms with Crippen molar-refractivity contribution in [2.45, 2.75) is 33.2 Å². The zero-order valence-corrected chi connectivity index (χ0v) is 12.0. The molecule has 0 fully saturated rings. The number of methoxy groups -OCH3 is 1. The second-order valence-corrected chi connectivity index (χ2v) is 4.56. The first-order valence-electron chi connectivity index (χ1n) is 6.84. The van der Waals surface area contributed by atoms with E-state index in [0.717, 1.165) is 30.7 Å². The second-order valence-electron chi connectivity index (χ2n) is 4.56. The first-order valence-corrected chi connectivity index (χ1v) is 6.84. The number of carbonyl (C=O) groups is 1. The van der Waals surface area contributed by atoms with Crippen LogP contribution in [0.2, 0.25) is 0 Å². The summed E-state index contributed by atoms with van der Waals surface area (Å²) < 4.78 is 5.24. The molecule has 0 aromatic heterocycles. The van der Waals surface area contributed by atoms with Gasteiger partial charge in [-0.25, -0.2) is 4.79 Å². The predicted molar refractivity (Wildman–Crippen MR) is 77.3 cm³/mol. The van der Waals surface area contributed by atoms with Gasteiger partial charge in [-0.2, -0.15) is 0 Å². The van der Waals surface area contributed by atoms with Crippen LogP contribution in [0.25, 0.3) is 0 Å². The average molecular weight is 264 g/mol. The fourth-order valence-corrected chi connectivity index (χ4v) is 1.90. The van der Waals surface area contributed by atoms with Gasteiger partial charge in [-0.15, -0.1) is 0 Å². The molecular weight excluding hydrogens is 240 g/mol. The summed E-state index contributed by atoms with van der Waals surface area (Å²) in [5, 5.41) is 5.75. The Hall–Kier alpha value is -1.71. The quantitative estimate of drug-likeness (QED) is 0.795. The Morgan fingerprint density at radius 1 is 1.21 bits per heavy atom. The minimum absolute atomic E-state index is 0.127. The maximum Gasteiger partial charge on any atom is 0.315 e. The lowest BCUT2D eigenvalue weighted by Gasteiger charge is -2.14. The molecule has 19 heavy (non-hydrogen) atoms. The van der Waals surface area contributed by atoms with E-state index in [1.165, 1.54) is 0 Å². The zero-order valence-electron chi connectivity index (χ0n) is 12.0. The highest BCUT2D eigenvalue weighted by molar-refractivity contribution is 5.73. The van der Waals surface area contributed by atoms with E-state index in [1.54, 1.807) is 7.11 Å². The van der Waals surface area contributed by atoms with Gasteiger partial charge in [0.15, 0.2) is 0 Å². The zero-order chi connectivity index (χ0) is 14.1. The Morgan fingerprint density at radius 3 is 2.53 bits per heavy atom. The van der Waals surface area contributed by atoms with Gasteiger partial charge in [-0.1, -0.05) is 44.9 Å². The molecule has 2 N–H and O–H groups in total. The molecule has 0 spiro atoms. The molecule has 1 rings (SSSR count). The lowest BCUT2D eigenvalue weighted by molar-refractivity contribution is 0.238. The topological polar surface area (TPSA) is 50.4 Å². The number of benzene rings is 1. The van der Waals surface area contributed by atoms with Crippen molar-refractivity contribution in [3.05, 3.63) is 29.8 Å². The Kier molecular flexibility index (Phi) is 6.79.